The number of ether oxygens (including phenoxy) is 4. The molecule has 15 heteroatoms. The number of hydrogen-bond donors (Lipinski definition) is 3. The maximum atomic E-state index is 14.7. The number of nitro groups is 1. The van der Waals surface area contributed by atoms with Crippen LogP contribution in [-0.4, -0.2) is 108 Å². The topological polar surface area (TPSA) is 200 Å². The molecule has 3 N–H and O–H groups in total. The molecule has 1 amide bonds. The van der Waals surface area contributed by atoms with Gasteiger partial charge in [0.05, 0.1) is 43.0 Å². The van der Waals surface area contributed by atoms with Gasteiger partial charge in [-0.05, 0) is 97.2 Å². The summed E-state index contributed by atoms with van der Waals surface area (Å²) in [6.45, 7) is 4.12. The number of hydrogen-bond acceptors (Lipinski definition) is 13. The van der Waals surface area contributed by atoms with Gasteiger partial charge in [0.2, 0.25) is 11.7 Å². The SMILES string of the molecule is C=CCOC12Oc3ccc(Oc4cccc(C=O)c4)cc3C3C(CCCCO)C(CCCCO)C=C(C(=NOC)CC1N(CCOCCO)C(=O)C=Cc1ccc([N+](=O)[O-])cc1)C32. The molecule has 0 saturated heterocycles. The number of nitrogens with zero attached hydrogens (tertiary/aromatic N) is 3. The average Bonchev–Trinajstić information content (AvgIpc) is 3.29. The summed E-state index contributed by atoms with van der Waals surface area (Å²) in [7, 11) is 1.48. The molecular weight excluding hydrogens is 811 g/mol. The number of fused-ring (bicyclic) bond motifs is 2. The van der Waals surface area contributed by atoms with Crippen LogP contribution in [0.3, 0.4) is 0 Å². The summed E-state index contributed by atoms with van der Waals surface area (Å²) >= 11 is 0. The van der Waals surface area contributed by atoms with Crippen LogP contribution in [0.1, 0.15) is 72.3 Å². The number of rotatable bonds is 24. The van der Waals surface area contributed by atoms with Gasteiger partial charge in [0.15, 0.2) is 0 Å². The van der Waals surface area contributed by atoms with Crippen molar-refractivity contribution in [3.63, 3.8) is 0 Å². The summed E-state index contributed by atoms with van der Waals surface area (Å²) in [5.74, 6) is -1.34. The Morgan fingerprint density at radius 1 is 0.984 bits per heavy atom. The second kappa shape index (κ2) is 22.6. The summed E-state index contributed by atoms with van der Waals surface area (Å²) in [5.41, 5.74) is 3.28. The number of oxime groups is 1. The van der Waals surface area contributed by atoms with E-state index in [1.807, 2.05) is 12.1 Å². The summed E-state index contributed by atoms with van der Waals surface area (Å²) < 4.78 is 26.4. The first-order chi connectivity index (χ1) is 30.7. The molecule has 3 aliphatic rings. The van der Waals surface area contributed by atoms with Gasteiger partial charge in [-0.25, -0.2) is 0 Å². The van der Waals surface area contributed by atoms with Crippen LogP contribution >= 0.6 is 0 Å². The lowest BCUT2D eigenvalue weighted by molar-refractivity contribution is -0.384. The highest BCUT2D eigenvalue weighted by Gasteiger charge is 2.65. The van der Waals surface area contributed by atoms with Crippen LogP contribution in [0.4, 0.5) is 5.69 Å². The second-order valence-electron chi connectivity index (χ2n) is 15.8. The van der Waals surface area contributed by atoms with Crippen LogP contribution < -0.4 is 9.47 Å². The Bertz CT molecular complexity index is 2140. The molecule has 6 unspecified atom stereocenters. The number of allylic oxidation sites excluding steroid dienone is 1. The van der Waals surface area contributed by atoms with Crippen molar-refractivity contribution in [3.8, 4) is 17.2 Å². The molecule has 15 nitrogen and oxygen atoms in total. The number of aldehydes is 1. The van der Waals surface area contributed by atoms with E-state index in [1.54, 1.807) is 59.5 Å². The van der Waals surface area contributed by atoms with Crippen LogP contribution in [0, 0.1) is 27.9 Å². The van der Waals surface area contributed by atoms with Gasteiger partial charge in [0.1, 0.15) is 36.7 Å². The van der Waals surface area contributed by atoms with E-state index in [4.69, 9.17) is 23.8 Å². The third kappa shape index (κ3) is 10.9. The molecule has 0 spiro atoms. The largest absolute Gasteiger partial charge is 0.459 e. The molecule has 1 aliphatic heterocycles. The van der Waals surface area contributed by atoms with Crippen molar-refractivity contribution in [2.75, 3.05) is 53.3 Å². The van der Waals surface area contributed by atoms with E-state index < -0.39 is 28.6 Å². The van der Waals surface area contributed by atoms with Gasteiger partial charge in [-0.3, -0.25) is 19.7 Å². The molecule has 3 aromatic rings. The summed E-state index contributed by atoms with van der Waals surface area (Å²) in [6, 6.07) is 17.5. The predicted molar refractivity (Wildman–Crippen MR) is 236 cm³/mol. The minimum absolute atomic E-state index is 0.0104. The lowest BCUT2D eigenvalue weighted by Gasteiger charge is -2.60. The Kier molecular flexibility index (Phi) is 16.8. The lowest BCUT2D eigenvalue weighted by atomic mass is 9.55. The smallest absolute Gasteiger partial charge is 0.269 e. The van der Waals surface area contributed by atoms with Crippen molar-refractivity contribution < 1.29 is 53.6 Å². The monoisotopic (exact) mass is 867 g/mol. The number of aliphatic hydroxyl groups is 3. The minimum Gasteiger partial charge on any atom is -0.459 e. The first-order valence-corrected chi connectivity index (χ1v) is 21.5. The number of amides is 1. The Balaban J connectivity index is 1.55. The number of benzene rings is 3. The summed E-state index contributed by atoms with van der Waals surface area (Å²) in [6.07, 6.45) is 12.0. The van der Waals surface area contributed by atoms with Crippen molar-refractivity contribution in [1.82, 2.24) is 4.90 Å². The van der Waals surface area contributed by atoms with Crippen LogP contribution in [-0.2, 0) is 19.1 Å². The van der Waals surface area contributed by atoms with Crippen LogP contribution in [0.2, 0.25) is 0 Å². The van der Waals surface area contributed by atoms with Gasteiger partial charge in [-0.15, -0.1) is 6.58 Å². The van der Waals surface area contributed by atoms with E-state index in [2.05, 4.69) is 17.8 Å². The van der Waals surface area contributed by atoms with E-state index in [0.717, 1.165) is 43.1 Å². The Labute approximate surface area is 367 Å². The molecule has 1 saturated carbocycles. The number of nitro benzene ring substituents is 1. The van der Waals surface area contributed by atoms with E-state index in [1.165, 1.54) is 25.3 Å². The zero-order chi connectivity index (χ0) is 44.8. The fourth-order valence-electron chi connectivity index (χ4n) is 9.33. The quantitative estimate of drug-likeness (QED) is 0.0208. The molecule has 1 fully saturated rings. The fraction of sp³-hybridized carbons (Fsp3) is 0.438. The highest BCUT2D eigenvalue weighted by atomic mass is 16.7. The third-order valence-corrected chi connectivity index (χ3v) is 12.0. The molecular formula is C48H57N3O12. The van der Waals surface area contributed by atoms with Crippen LogP contribution in [0.5, 0.6) is 17.2 Å². The van der Waals surface area contributed by atoms with E-state index in [0.29, 0.717) is 46.9 Å². The maximum absolute atomic E-state index is 14.7. The van der Waals surface area contributed by atoms with E-state index >= 15 is 0 Å². The first kappa shape index (κ1) is 46.8. The molecule has 63 heavy (non-hydrogen) atoms. The standard InChI is InChI=1S/C48H57N3O12/c1-3-25-61-48-44(50(21-26-60-27-24-54)45(56)20-15-33-13-16-36(17-14-33)51(57)58)31-42(49-59-2)40-29-35(10-4-6-22-52)39(12-5-7-23-53)46(47(40)48)41-30-38(18-19-43(41)63-48)62-37-11-8-9-34(28-37)32-55/h3,8-9,11,13-20,28-30,32,35,39,44,46-47,52-54H,1,4-7,10,12,21-27,31H2,2H3. The first-order valence-electron chi connectivity index (χ1n) is 21.5. The summed E-state index contributed by atoms with van der Waals surface area (Å²) in [5, 5.41) is 45.3. The molecule has 2 aliphatic carbocycles. The molecule has 6 rings (SSSR count). The molecule has 0 aromatic heterocycles. The van der Waals surface area contributed by atoms with Crippen molar-refractivity contribution in [2.45, 2.75) is 62.7 Å². The predicted octanol–water partition coefficient (Wildman–Crippen LogP) is 7.01. The number of aliphatic hydroxyl groups excluding tert-OH is 3. The third-order valence-electron chi connectivity index (χ3n) is 12.0. The summed E-state index contributed by atoms with van der Waals surface area (Å²) in [4.78, 5) is 44.4. The zero-order valence-electron chi connectivity index (χ0n) is 35.6. The van der Waals surface area contributed by atoms with Gasteiger partial charge in [-0.1, -0.05) is 42.3 Å². The van der Waals surface area contributed by atoms with Crippen molar-refractivity contribution in [1.29, 1.82) is 0 Å². The lowest BCUT2D eigenvalue weighted by Crippen LogP contribution is -2.70. The Hall–Kier alpha value is -5.71. The molecule has 1 heterocycles. The highest BCUT2D eigenvalue weighted by Crippen LogP contribution is 2.62. The normalized spacial score (nSPS) is 23.0. The zero-order valence-corrected chi connectivity index (χ0v) is 35.6. The highest BCUT2D eigenvalue weighted by molar-refractivity contribution is 6.03. The minimum atomic E-state index is -1.54. The van der Waals surface area contributed by atoms with E-state index in [9.17, 15) is 35.0 Å². The molecule has 0 bridgehead atoms. The van der Waals surface area contributed by atoms with Gasteiger partial charge in [0.25, 0.3) is 5.69 Å². The second-order valence-corrected chi connectivity index (χ2v) is 15.8. The van der Waals surface area contributed by atoms with Gasteiger partial charge < -0.3 is 44.0 Å². The van der Waals surface area contributed by atoms with E-state index in [-0.39, 0.29) is 76.0 Å². The number of carbonyl (C=O) groups excluding carboxylic acids is 2. The Morgan fingerprint density at radius 2 is 1.75 bits per heavy atom. The van der Waals surface area contributed by atoms with Crippen LogP contribution in [0.15, 0.2) is 102 Å². The van der Waals surface area contributed by atoms with Gasteiger partial charge in [-0.2, -0.15) is 0 Å². The fourth-order valence-corrected chi connectivity index (χ4v) is 9.33. The van der Waals surface area contributed by atoms with Crippen molar-refractivity contribution >= 4 is 29.7 Å². The number of non-ortho nitro benzene ring substituents is 1. The maximum Gasteiger partial charge on any atom is 0.269 e. The van der Waals surface area contributed by atoms with Gasteiger partial charge >= 0.3 is 0 Å². The van der Waals surface area contributed by atoms with Crippen LogP contribution in [0.25, 0.3) is 6.08 Å². The molecule has 336 valence electrons. The molecule has 0 radical (unpaired) electrons. The number of carbonyl (C=O) groups is 2. The van der Waals surface area contributed by atoms with Crippen molar-refractivity contribution in [2.24, 2.45) is 22.9 Å². The average molecular weight is 868 g/mol. The number of unbranched alkanes of at least 4 members (excludes halogenated alkanes) is 2. The molecule has 3 aromatic carbocycles. The van der Waals surface area contributed by atoms with Crippen molar-refractivity contribution in [3.05, 3.63) is 124 Å². The van der Waals surface area contributed by atoms with Gasteiger partial charge in [0, 0.05) is 61.4 Å². The Morgan fingerprint density at radius 3 is 2.44 bits per heavy atom. The molecule has 6 atom stereocenters.